The van der Waals surface area contributed by atoms with E-state index in [0.29, 0.717) is 12.5 Å². The first kappa shape index (κ1) is 17.0. The van der Waals surface area contributed by atoms with E-state index in [1.54, 1.807) is 0 Å². The molecule has 2 aromatic rings. The second-order valence-electron chi connectivity index (χ2n) is 6.17. The Morgan fingerprint density at radius 3 is 2.40 bits per heavy atom. The summed E-state index contributed by atoms with van der Waals surface area (Å²) in [7, 11) is 0. The number of nitrogens with two attached hydrogens (primary N) is 2. The maximum Gasteiger partial charge on any atom is 0.201 e. The fraction of sp³-hybridized carbons (Fsp3) is 0.263. The Morgan fingerprint density at radius 2 is 1.72 bits per heavy atom. The molecule has 0 bridgehead atoms. The number of nitrogens with one attached hydrogen (secondary N) is 2. The molecule has 1 heterocycles. The largest absolute Gasteiger partial charge is 0.370 e. The lowest BCUT2D eigenvalue weighted by atomic mass is 9.94. The molecule has 1 unspecified atom stereocenters. The molecule has 3 rings (SSSR count). The third-order valence-corrected chi connectivity index (χ3v) is 4.34. The molecule has 130 valence electrons. The fourth-order valence-corrected chi connectivity index (χ4v) is 2.82. The summed E-state index contributed by atoms with van der Waals surface area (Å²) in [5, 5.41) is 6.14. The molecule has 0 amide bonds. The van der Waals surface area contributed by atoms with Crippen LogP contribution in [0.5, 0.6) is 0 Å². The normalized spacial score (nSPS) is 22.6. The van der Waals surface area contributed by atoms with Gasteiger partial charge in [-0.15, -0.1) is 0 Å². The topological polar surface area (TPSA) is 101 Å². The molecular weight excluding hydrogens is 312 g/mol. The molecule has 0 saturated carbocycles. The lowest BCUT2D eigenvalue weighted by Crippen LogP contribution is -2.66. The van der Waals surface area contributed by atoms with Crippen LogP contribution in [-0.4, -0.2) is 24.3 Å². The zero-order valence-corrected chi connectivity index (χ0v) is 14.3. The molecule has 1 aliphatic heterocycles. The van der Waals surface area contributed by atoms with Crippen LogP contribution in [0.25, 0.3) is 0 Å². The van der Waals surface area contributed by atoms with Crippen molar-refractivity contribution in [1.29, 1.82) is 0 Å². The lowest BCUT2D eigenvalue weighted by molar-refractivity contribution is 0.337. The minimum Gasteiger partial charge on any atom is -0.370 e. The van der Waals surface area contributed by atoms with Gasteiger partial charge in [0.2, 0.25) is 5.96 Å². The molecule has 1 aliphatic rings. The third kappa shape index (κ3) is 4.16. The highest BCUT2D eigenvalue weighted by molar-refractivity contribution is 6.00. The van der Waals surface area contributed by atoms with Gasteiger partial charge in [0.05, 0.1) is 0 Å². The van der Waals surface area contributed by atoms with Gasteiger partial charge in [-0.1, -0.05) is 67.6 Å². The molecular formula is C19H24N6. The first-order valence-electron chi connectivity index (χ1n) is 8.39. The standard InChI is InChI=1S/C19H24N6/c1-14(16-10-6-3-7-11-16)19(21)24-17(20)23-18(25-19)22-13-12-15-8-4-2-5-9-15/h2-11,14H,12-13,21H2,1H3,(H4,20,22,23,24,25)/t14-,19?/m0/s1. The molecule has 0 fully saturated rings. The van der Waals surface area contributed by atoms with Crippen LogP contribution in [-0.2, 0) is 6.42 Å². The highest BCUT2D eigenvalue weighted by atomic mass is 15.4. The van der Waals surface area contributed by atoms with Gasteiger partial charge in [-0.25, -0.2) is 4.99 Å². The molecule has 0 saturated heterocycles. The number of aliphatic imine (C=N–C) groups is 2. The van der Waals surface area contributed by atoms with Crippen molar-refractivity contribution in [2.75, 3.05) is 6.54 Å². The number of nitrogens with zero attached hydrogens (tertiary/aromatic N) is 2. The molecule has 6 nitrogen and oxygen atoms in total. The van der Waals surface area contributed by atoms with Crippen LogP contribution in [0.4, 0.5) is 0 Å². The zero-order valence-electron chi connectivity index (χ0n) is 14.3. The summed E-state index contributed by atoms with van der Waals surface area (Å²) in [6.07, 6.45) is 0.844. The van der Waals surface area contributed by atoms with Gasteiger partial charge in [0.15, 0.2) is 11.7 Å². The molecule has 6 heteroatoms. The molecule has 25 heavy (non-hydrogen) atoms. The smallest absolute Gasteiger partial charge is 0.201 e. The Bertz CT molecular complexity index is 756. The molecule has 2 atom stereocenters. The highest BCUT2D eigenvalue weighted by Gasteiger charge is 2.36. The van der Waals surface area contributed by atoms with Crippen LogP contribution < -0.4 is 22.1 Å². The van der Waals surface area contributed by atoms with Crippen molar-refractivity contribution in [1.82, 2.24) is 10.6 Å². The van der Waals surface area contributed by atoms with Gasteiger partial charge in [-0.2, -0.15) is 0 Å². The first-order valence-corrected chi connectivity index (χ1v) is 8.39. The number of hydrogen-bond donors (Lipinski definition) is 4. The van der Waals surface area contributed by atoms with Gasteiger partial charge in [0, 0.05) is 12.5 Å². The first-order chi connectivity index (χ1) is 12.1. The van der Waals surface area contributed by atoms with E-state index in [1.807, 2.05) is 55.5 Å². The highest BCUT2D eigenvalue weighted by Crippen LogP contribution is 2.26. The lowest BCUT2D eigenvalue weighted by Gasteiger charge is -2.37. The summed E-state index contributed by atoms with van der Waals surface area (Å²) in [4.78, 5) is 8.93. The fourth-order valence-electron chi connectivity index (χ4n) is 2.82. The minimum absolute atomic E-state index is 0.0753. The van der Waals surface area contributed by atoms with Crippen LogP contribution in [0.2, 0.25) is 0 Å². The Morgan fingerprint density at radius 1 is 1.08 bits per heavy atom. The molecule has 0 spiro atoms. The number of benzene rings is 2. The van der Waals surface area contributed by atoms with Gasteiger partial charge in [-0.05, 0) is 17.5 Å². The van der Waals surface area contributed by atoms with E-state index in [1.165, 1.54) is 5.56 Å². The molecule has 0 aromatic heterocycles. The second kappa shape index (κ2) is 7.36. The molecule has 6 N–H and O–H groups in total. The van der Waals surface area contributed by atoms with Gasteiger partial charge in [-0.3, -0.25) is 16.0 Å². The average Bonchev–Trinajstić information content (AvgIpc) is 2.62. The molecule has 0 radical (unpaired) electrons. The van der Waals surface area contributed by atoms with Crippen LogP contribution in [0.1, 0.15) is 24.0 Å². The third-order valence-electron chi connectivity index (χ3n) is 4.34. The number of guanidine groups is 2. The Kier molecular flexibility index (Phi) is 5.00. The Labute approximate surface area is 148 Å². The minimum atomic E-state index is -1.04. The van der Waals surface area contributed by atoms with Crippen molar-refractivity contribution in [3.05, 3.63) is 71.8 Å². The Hall–Kier alpha value is -2.86. The van der Waals surface area contributed by atoms with Crippen LogP contribution in [0.15, 0.2) is 70.6 Å². The van der Waals surface area contributed by atoms with E-state index in [-0.39, 0.29) is 11.9 Å². The van der Waals surface area contributed by atoms with Crippen molar-refractivity contribution in [2.24, 2.45) is 21.5 Å². The summed E-state index contributed by atoms with van der Waals surface area (Å²) in [5.74, 6) is -0.299. The SMILES string of the molecule is C[C@@H](c1ccccc1)C1(N)N=C(N)NC(=NCCc2ccccc2)N1. The van der Waals surface area contributed by atoms with Crippen molar-refractivity contribution in [3.63, 3.8) is 0 Å². The summed E-state index contributed by atoms with van der Waals surface area (Å²) < 4.78 is 0. The number of rotatable bonds is 5. The maximum absolute atomic E-state index is 6.50. The van der Waals surface area contributed by atoms with Gasteiger partial charge in [0.1, 0.15) is 0 Å². The van der Waals surface area contributed by atoms with E-state index in [9.17, 15) is 0 Å². The van der Waals surface area contributed by atoms with Crippen molar-refractivity contribution >= 4 is 11.9 Å². The predicted molar refractivity (Wildman–Crippen MR) is 102 cm³/mol. The van der Waals surface area contributed by atoms with Crippen molar-refractivity contribution < 1.29 is 0 Å². The van der Waals surface area contributed by atoms with Gasteiger partial charge < -0.3 is 11.1 Å². The Balaban J connectivity index is 1.72. The average molecular weight is 336 g/mol. The summed E-state index contributed by atoms with van der Waals surface area (Å²) >= 11 is 0. The summed E-state index contributed by atoms with van der Waals surface area (Å²) in [6, 6.07) is 20.2. The van der Waals surface area contributed by atoms with Crippen LogP contribution >= 0.6 is 0 Å². The van der Waals surface area contributed by atoms with E-state index >= 15 is 0 Å². The van der Waals surface area contributed by atoms with Gasteiger partial charge >= 0.3 is 0 Å². The molecule has 0 aliphatic carbocycles. The maximum atomic E-state index is 6.50. The van der Waals surface area contributed by atoms with E-state index in [0.717, 1.165) is 12.0 Å². The quantitative estimate of drug-likeness (QED) is 0.665. The van der Waals surface area contributed by atoms with Crippen LogP contribution in [0.3, 0.4) is 0 Å². The number of hydrogen-bond acceptors (Lipinski definition) is 4. The van der Waals surface area contributed by atoms with Crippen LogP contribution in [0, 0.1) is 0 Å². The predicted octanol–water partition coefficient (Wildman–Crippen LogP) is 1.51. The summed E-state index contributed by atoms with van der Waals surface area (Å²) in [5.41, 5.74) is 14.8. The zero-order chi connectivity index (χ0) is 17.7. The monoisotopic (exact) mass is 336 g/mol. The van der Waals surface area contributed by atoms with Crippen molar-refractivity contribution in [3.8, 4) is 0 Å². The van der Waals surface area contributed by atoms with E-state index in [2.05, 4.69) is 32.8 Å². The van der Waals surface area contributed by atoms with E-state index in [4.69, 9.17) is 11.5 Å². The van der Waals surface area contributed by atoms with Crippen molar-refractivity contribution in [2.45, 2.75) is 25.0 Å². The van der Waals surface area contributed by atoms with Gasteiger partial charge in [0.25, 0.3) is 0 Å². The summed E-state index contributed by atoms with van der Waals surface area (Å²) in [6.45, 7) is 2.65. The second-order valence-corrected chi connectivity index (χ2v) is 6.17. The van der Waals surface area contributed by atoms with E-state index < -0.39 is 5.79 Å². The molecule has 2 aromatic carbocycles.